The van der Waals surface area contributed by atoms with Crippen molar-refractivity contribution in [2.24, 2.45) is 5.73 Å². The van der Waals surface area contributed by atoms with Crippen LogP contribution in [-0.2, 0) is 11.0 Å². The number of carbonyl (C=O) groups is 1. The van der Waals surface area contributed by atoms with Crippen molar-refractivity contribution >= 4 is 23.1 Å². The van der Waals surface area contributed by atoms with Gasteiger partial charge in [0.1, 0.15) is 11.0 Å². The Kier molecular flexibility index (Phi) is 6.08. The lowest BCUT2D eigenvalue weighted by Gasteiger charge is -2.40. The largest absolute Gasteiger partial charge is 0.418 e. The van der Waals surface area contributed by atoms with E-state index in [4.69, 9.17) is 17.3 Å². The number of hydrogen-bond donors (Lipinski definition) is 1. The highest BCUT2D eigenvalue weighted by Crippen LogP contribution is 2.50. The predicted molar refractivity (Wildman–Crippen MR) is 133 cm³/mol. The first kappa shape index (κ1) is 24.7. The maximum atomic E-state index is 14.0. The molecule has 0 spiro atoms. The van der Waals surface area contributed by atoms with Crippen molar-refractivity contribution in [3.8, 4) is 11.8 Å². The van der Waals surface area contributed by atoms with E-state index < -0.39 is 17.7 Å². The minimum absolute atomic E-state index is 0.0522. The number of aromatic nitrogens is 2. The van der Waals surface area contributed by atoms with Crippen molar-refractivity contribution in [1.82, 2.24) is 9.78 Å². The Labute approximate surface area is 216 Å². The van der Waals surface area contributed by atoms with Gasteiger partial charge in [-0.25, -0.2) is 4.68 Å². The third kappa shape index (κ3) is 3.98. The number of allylic oxidation sites excluding steroid dienone is 3. The Morgan fingerprint density at radius 1 is 1.11 bits per heavy atom. The number of halogens is 4. The quantitative estimate of drug-likeness (QED) is 0.444. The first-order chi connectivity index (χ1) is 17.6. The van der Waals surface area contributed by atoms with E-state index >= 15 is 0 Å². The molecule has 0 bridgehead atoms. The van der Waals surface area contributed by atoms with E-state index in [0.29, 0.717) is 35.5 Å². The summed E-state index contributed by atoms with van der Waals surface area (Å²) in [6.07, 6.45) is -3.71. The maximum absolute atomic E-state index is 14.0. The first-order valence-electron chi connectivity index (χ1n) is 11.6. The van der Waals surface area contributed by atoms with Crippen molar-refractivity contribution in [3.63, 3.8) is 0 Å². The van der Waals surface area contributed by atoms with Gasteiger partial charge in [-0.05, 0) is 44.0 Å². The molecule has 3 aromatic rings. The molecule has 0 amide bonds. The number of anilines is 1. The summed E-state index contributed by atoms with van der Waals surface area (Å²) < 4.78 is 43.4. The second-order valence-electron chi connectivity index (χ2n) is 8.87. The van der Waals surface area contributed by atoms with Gasteiger partial charge in [0.05, 0.1) is 40.2 Å². The fourth-order valence-electron chi connectivity index (χ4n) is 5.14. The number of aryl methyl sites for hydroxylation is 1. The van der Waals surface area contributed by atoms with Crippen molar-refractivity contribution in [3.05, 3.63) is 99.2 Å². The van der Waals surface area contributed by atoms with Crippen molar-refractivity contribution < 1.29 is 18.0 Å². The SMILES string of the molecule is Cc1nn(-c2ccccc2)c(Cl)c1[C@H]1C(C#N)=C(N)N(c2ccccc2C(F)(F)F)C2=C1C(=O)CCC2. The molecule has 2 aromatic carbocycles. The molecule has 1 atom stereocenters. The Morgan fingerprint density at radius 2 is 1.78 bits per heavy atom. The van der Waals surface area contributed by atoms with E-state index in [-0.39, 0.29) is 40.0 Å². The molecule has 37 heavy (non-hydrogen) atoms. The number of ketones is 1. The van der Waals surface area contributed by atoms with Gasteiger partial charge >= 0.3 is 6.18 Å². The van der Waals surface area contributed by atoms with Crippen molar-refractivity contribution in [1.29, 1.82) is 5.26 Å². The summed E-state index contributed by atoms with van der Waals surface area (Å²) in [6, 6.07) is 16.2. The van der Waals surface area contributed by atoms with Crippen LogP contribution in [-0.4, -0.2) is 15.6 Å². The molecular weight excluding hydrogens is 503 g/mol. The van der Waals surface area contributed by atoms with Gasteiger partial charge in [0.25, 0.3) is 0 Å². The molecule has 2 aliphatic rings. The Balaban J connectivity index is 1.78. The van der Waals surface area contributed by atoms with Crippen LogP contribution in [0.15, 0.2) is 77.3 Å². The fourth-order valence-corrected chi connectivity index (χ4v) is 5.52. The zero-order chi connectivity index (χ0) is 26.5. The van der Waals surface area contributed by atoms with Gasteiger partial charge in [-0.2, -0.15) is 23.5 Å². The lowest BCUT2D eigenvalue weighted by atomic mass is 9.75. The third-order valence-corrected chi connectivity index (χ3v) is 7.06. The fraction of sp³-hybridized carbons (Fsp3) is 0.222. The molecule has 2 N–H and O–H groups in total. The number of carbonyl (C=O) groups excluding carboxylic acids is 1. The van der Waals surface area contributed by atoms with Gasteiger partial charge in [0, 0.05) is 23.3 Å². The van der Waals surface area contributed by atoms with Crippen molar-refractivity contribution in [2.45, 2.75) is 38.3 Å². The number of Topliss-reactive ketones (excluding diaryl/α,β-unsaturated/α-hetero) is 1. The van der Waals surface area contributed by atoms with E-state index in [1.807, 2.05) is 30.3 Å². The third-order valence-electron chi connectivity index (χ3n) is 6.70. The summed E-state index contributed by atoms with van der Waals surface area (Å²) in [4.78, 5) is 14.6. The molecule has 0 unspecified atom stereocenters. The second-order valence-corrected chi connectivity index (χ2v) is 9.23. The summed E-state index contributed by atoms with van der Waals surface area (Å²) in [7, 11) is 0. The van der Waals surface area contributed by atoms with Gasteiger partial charge in [-0.1, -0.05) is 41.9 Å². The maximum Gasteiger partial charge on any atom is 0.418 e. The highest BCUT2D eigenvalue weighted by atomic mass is 35.5. The molecule has 0 radical (unpaired) electrons. The molecule has 10 heteroatoms. The van der Waals surface area contributed by atoms with Crippen LogP contribution in [0.3, 0.4) is 0 Å². The summed E-state index contributed by atoms with van der Waals surface area (Å²) in [6.45, 7) is 1.71. The molecule has 1 aliphatic carbocycles. The first-order valence-corrected chi connectivity index (χ1v) is 12.0. The minimum Gasteiger partial charge on any atom is -0.384 e. The van der Waals surface area contributed by atoms with E-state index in [1.165, 1.54) is 27.8 Å². The highest BCUT2D eigenvalue weighted by molar-refractivity contribution is 6.31. The topological polar surface area (TPSA) is 87.9 Å². The van der Waals surface area contributed by atoms with Crippen LogP contribution in [0.5, 0.6) is 0 Å². The standard InChI is InChI=1S/C27H21ClF3N5O/c1-15-22(25(28)36(34-15)16-8-3-2-4-9-16)23-17(14-32)26(33)35(20-12-7-13-21(37)24(20)23)19-11-6-5-10-18(19)27(29,30)31/h2-6,8-11,23H,7,12-13,33H2,1H3/t23-/m1/s1. The van der Waals surface area contributed by atoms with Crippen LogP contribution in [0.4, 0.5) is 18.9 Å². The molecule has 188 valence electrons. The highest BCUT2D eigenvalue weighted by Gasteiger charge is 2.44. The van der Waals surface area contributed by atoms with Crippen LogP contribution < -0.4 is 10.6 Å². The Morgan fingerprint density at radius 3 is 2.46 bits per heavy atom. The summed E-state index contributed by atoms with van der Waals surface area (Å²) in [5, 5.41) is 15.0. The summed E-state index contributed by atoms with van der Waals surface area (Å²) in [5.74, 6) is -1.38. The van der Waals surface area contributed by atoms with Crippen LogP contribution in [0.1, 0.15) is 42.0 Å². The van der Waals surface area contributed by atoms with Gasteiger partial charge in [-0.3, -0.25) is 9.69 Å². The van der Waals surface area contributed by atoms with Crippen LogP contribution in [0.2, 0.25) is 5.15 Å². The average molecular weight is 524 g/mol. The van der Waals surface area contributed by atoms with Gasteiger partial charge in [0.15, 0.2) is 5.78 Å². The van der Waals surface area contributed by atoms with E-state index in [0.717, 1.165) is 6.07 Å². The monoisotopic (exact) mass is 523 g/mol. The molecule has 1 aromatic heterocycles. The molecule has 6 nitrogen and oxygen atoms in total. The number of hydrogen-bond acceptors (Lipinski definition) is 5. The Hall–Kier alpha value is -4.03. The number of nitrogens with two attached hydrogens (primary N) is 1. The normalized spacial score (nSPS) is 18.2. The van der Waals surface area contributed by atoms with E-state index in [9.17, 15) is 23.2 Å². The number of rotatable bonds is 3. The van der Waals surface area contributed by atoms with E-state index in [1.54, 1.807) is 6.92 Å². The lowest BCUT2D eigenvalue weighted by Crippen LogP contribution is -2.39. The molecule has 0 saturated carbocycles. The van der Waals surface area contributed by atoms with Gasteiger partial charge in [0.2, 0.25) is 0 Å². The number of nitrogens with zero attached hydrogens (tertiary/aromatic N) is 4. The molecule has 5 rings (SSSR count). The molecule has 0 fully saturated rings. The molecular formula is C27H21ClF3N5O. The van der Waals surface area contributed by atoms with Gasteiger partial charge in [-0.15, -0.1) is 0 Å². The predicted octanol–water partition coefficient (Wildman–Crippen LogP) is 6.16. The summed E-state index contributed by atoms with van der Waals surface area (Å²) >= 11 is 6.82. The Bertz CT molecular complexity index is 1510. The zero-order valence-corrected chi connectivity index (χ0v) is 20.4. The lowest BCUT2D eigenvalue weighted by molar-refractivity contribution is -0.137. The summed E-state index contributed by atoms with van der Waals surface area (Å²) in [5.41, 5.74) is 7.44. The average Bonchev–Trinajstić information content (AvgIpc) is 3.17. The number of nitriles is 1. The zero-order valence-electron chi connectivity index (χ0n) is 19.7. The number of benzene rings is 2. The number of para-hydroxylation sites is 2. The smallest absolute Gasteiger partial charge is 0.384 e. The molecule has 2 heterocycles. The number of alkyl halides is 3. The van der Waals surface area contributed by atoms with Crippen LogP contribution in [0, 0.1) is 18.3 Å². The van der Waals surface area contributed by atoms with Crippen molar-refractivity contribution in [2.75, 3.05) is 4.90 Å². The van der Waals surface area contributed by atoms with Crippen LogP contribution in [0.25, 0.3) is 5.69 Å². The second kappa shape index (κ2) is 9.12. The molecule has 1 aliphatic heterocycles. The van der Waals surface area contributed by atoms with Gasteiger partial charge < -0.3 is 5.73 Å². The van der Waals surface area contributed by atoms with E-state index in [2.05, 4.69) is 11.2 Å². The van der Waals surface area contributed by atoms with Crippen LogP contribution >= 0.6 is 11.6 Å². The molecule has 0 saturated heterocycles. The minimum atomic E-state index is -4.67.